The lowest BCUT2D eigenvalue weighted by Gasteiger charge is -2.02. The Bertz CT molecular complexity index is 701. The summed E-state index contributed by atoms with van der Waals surface area (Å²) < 4.78 is 4.96. The molecule has 23 heavy (non-hydrogen) atoms. The first kappa shape index (κ1) is 16.4. The third-order valence-electron chi connectivity index (χ3n) is 3.00. The summed E-state index contributed by atoms with van der Waals surface area (Å²) in [5, 5.41) is 0. The van der Waals surface area contributed by atoms with E-state index in [1.807, 2.05) is 72.8 Å². The molecule has 0 spiro atoms. The highest BCUT2D eigenvalue weighted by Gasteiger charge is 2.03. The van der Waals surface area contributed by atoms with Gasteiger partial charge in [-0.2, -0.15) is 0 Å². The molecule has 0 saturated carbocycles. The number of carbonyl (C=O) groups is 1. The highest BCUT2D eigenvalue weighted by Crippen LogP contribution is 2.15. The fourth-order valence-electron chi connectivity index (χ4n) is 1.94. The molecule has 0 saturated heterocycles. The Balaban J connectivity index is 2.16. The van der Waals surface area contributed by atoms with Crippen molar-refractivity contribution in [1.29, 1.82) is 0 Å². The van der Waals surface area contributed by atoms with Crippen LogP contribution in [0.1, 0.15) is 18.1 Å². The van der Waals surface area contributed by atoms with E-state index < -0.39 is 5.97 Å². The minimum absolute atomic E-state index is 0.342. The molecule has 2 aromatic carbocycles. The molecule has 0 aromatic heterocycles. The van der Waals surface area contributed by atoms with E-state index in [1.54, 1.807) is 13.1 Å². The number of benzene rings is 2. The number of rotatable bonds is 6. The maximum absolute atomic E-state index is 11.7. The zero-order chi connectivity index (χ0) is 16.3. The van der Waals surface area contributed by atoms with Gasteiger partial charge in [0.2, 0.25) is 0 Å². The fourth-order valence-corrected chi connectivity index (χ4v) is 1.94. The Morgan fingerprint density at radius 2 is 1.70 bits per heavy atom. The average Bonchev–Trinajstić information content (AvgIpc) is 2.59. The van der Waals surface area contributed by atoms with Crippen molar-refractivity contribution in [3.8, 4) is 0 Å². The second kappa shape index (κ2) is 9.15. The van der Waals surface area contributed by atoms with Crippen molar-refractivity contribution in [3.05, 3.63) is 83.9 Å². The molecule has 0 bridgehead atoms. The highest BCUT2D eigenvalue weighted by atomic mass is 16.5. The predicted octanol–water partition coefficient (Wildman–Crippen LogP) is 4.37. The Labute approximate surface area is 136 Å². The van der Waals surface area contributed by atoms with Gasteiger partial charge in [-0.25, -0.2) is 4.79 Å². The number of ether oxygens (including phenoxy) is 1. The van der Waals surface area contributed by atoms with Crippen molar-refractivity contribution < 1.29 is 9.53 Å². The summed E-state index contributed by atoms with van der Waals surface area (Å²) in [4.78, 5) is 16.1. The molecular formula is C20H19NO2. The van der Waals surface area contributed by atoms with Gasteiger partial charge in [-0.1, -0.05) is 66.7 Å². The molecule has 0 aliphatic rings. The SMILES string of the molecule is CCOC(=O)/C=C(/N=C/C=C/c1ccccc1)c1ccccc1. The number of carbonyl (C=O) groups excluding carboxylic acids is 1. The summed E-state index contributed by atoms with van der Waals surface area (Å²) in [6, 6.07) is 19.5. The fraction of sp³-hybridized carbons (Fsp3) is 0.100. The van der Waals surface area contributed by atoms with Crippen LogP contribution in [-0.4, -0.2) is 18.8 Å². The third kappa shape index (κ3) is 5.75. The van der Waals surface area contributed by atoms with E-state index in [0.29, 0.717) is 12.3 Å². The van der Waals surface area contributed by atoms with Gasteiger partial charge in [-0.15, -0.1) is 0 Å². The zero-order valence-corrected chi connectivity index (χ0v) is 13.1. The topological polar surface area (TPSA) is 38.7 Å². The van der Waals surface area contributed by atoms with Gasteiger partial charge >= 0.3 is 5.97 Å². The molecule has 0 aliphatic heterocycles. The van der Waals surface area contributed by atoms with Crippen molar-refractivity contribution in [2.45, 2.75) is 6.92 Å². The van der Waals surface area contributed by atoms with Gasteiger partial charge < -0.3 is 4.74 Å². The van der Waals surface area contributed by atoms with E-state index in [0.717, 1.165) is 11.1 Å². The molecule has 0 fully saturated rings. The van der Waals surface area contributed by atoms with E-state index in [2.05, 4.69) is 4.99 Å². The minimum atomic E-state index is -0.393. The van der Waals surface area contributed by atoms with Crippen molar-refractivity contribution in [1.82, 2.24) is 0 Å². The molecule has 0 unspecified atom stereocenters. The van der Waals surface area contributed by atoms with Crippen LogP contribution >= 0.6 is 0 Å². The first-order valence-electron chi connectivity index (χ1n) is 7.49. The first-order valence-corrected chi connectivity index (χ1v) is 7.49. The molecule has 2 aromatic rings. The molecule has 3 nitrogen and oxygen atoms in total. The lowest BCUT2D eigenvalue weighted by atomic mass is 10.1. The number of aliphatic imine (C=N–C) groups is 1. The smallest absolute Gasteiger partial charge is 0.332 e. The van der Waals surface area contributed by atoms with Crippen LogP contribution in [-0.2, 0) is 9.53 Å². The van der Waals surface area contributed by atoms with Crippen LogP contribution in [0.2, 0.25) is 0 Å². The molecule has 116 valence electrons. The minimum Gasteiger partial charge on any atom is -0.463 e. The molecule has 0 N–H and O–H groups in total. The number of esters is 1. The number of hydrogen-bond donors (Lipinski definition) is 0. The van der Waals surface area contributed by atoms with Crippen molar-refractivity contribution >= 4 is 24.0 Å². The monoisotopic (exact) mass is 305 g/mol. The van der Waals surface area contributed by atoms with Gasteiger partial charge in [0.1, 0.15) is 0 Å². The van der Waals surface area contributed by atoms with E-state index in [9.17, 15) is 4.79 Å². The van der Waals surface area contributed by atoms with Crippen LogP contribution in [0.4, 0.5) is 0 Å². The maximum atomic E-state index is 11.7. The molecular weight excluding hydrogens is 286 g/mol. The molecule has 0 radical (unpaired) electrons. The molecule has 0 heterocycles. The number of allylic oxidation sites excluding steroid dienone is 1. The second-order valence-corrected chi connectivity index (χ2v) is 4.70. The van der Waals surface area contributed by atoms with Gasteiger partial charge in [-0.05, 0) is 18.6 Å². The van der Waals surface area contributed by atoms with Crippen molar-refractivity contribution in [2.24, 2.45) is 4.99 Å². The molecule has 0 amide bonds. The number of hydrogen-bond acceptors (Lipinski definition) is 3. The molecule has 0 atom stereocenters. The standard InChI is InChI=1S/C20H19NO2/c1-2-23-20(22)16-19(18-13-7-4-8-14-18)21-15-9-12-17-10-5-3-6-11-17/h3-16H,2H2,1H3/b12-9+,19-16+,21-15+. The summed E-state index contributed by atoms with van der Waals surface area (Å²) in [6.07, 6.45) is 6.88. The van der Waals surface area contributed by atoms with Gasteiger partial charge in [-0.3, -0.25) is 4.99 Å². The van der Waals surface area contributed by atoms with Gasteiger partial charge in [0.25, 0.3) is 0 Å². The van der Waals surface area contributed by atoms with E-state index in [-0.39, 0.29) is 0 Å². The summed E-state index contributed by atoms with van der Waals surface area (Å²) >= 11 is 0. The van der Waals surface area contributed by atoms with E-state index in [4.69, 9.17) is 4.74 Å². The average molecular weight is 305 g/mol. The van der Waals surface area contributed by atoms with Crippen LogP contribution in [0.3, 0.4) is 0 Å². The predicted molar refractivity (Wildman–Crippen MR) is 95.0 cm³/mol. The summed E-state index contributed by atoms with van der Waals surface area (Å²) in [6.45, 7) is 2.12. The molecule has 3 heteroatoms. The highest BCUT2D eigenvalue weighted by molar-refractivity contribution is 5.93. The number of nitrogens with zero attached hydrogens (tertiary/aromatic N) is 1. The summed E-state index contributed by atoms with van der Waals surface area (Å²) in [5.41, 5.74) is 2.53. The molecule has 2 rings (SSSR count). The normalized spacial score (nSPS) is 12.0. The summed E-state index contributed by atoms with van der Waals surface area (Å²) in [7, 11) is 0. The van der Waals surface area contributed by atoms with Crippen LogP contribution in [0, 0.1) is 0 Å². The Morgan fingerprint density at radius 1 is 1.04 bits per heavy atom. The van der Waals surface area contributed by atoms with Gasteiger partial charge in [0.05, 0.1) is 12.3 Å². The van der Waals surface area contributed by atoms with E-state index >= 15 is 0 Å². The Kier molecular flexibility index (Phi) is 6.54. The van der Waals surface area contributed by atoms with E-state index in [1.165, 1.54) is 6.08 Å². The van der Waals surface area contributed by atoms with Crippen LogP contribution < -0.4 is 0 Å². The Hall–Kier alpha value is -2.94. The lowest BCUT2D eigenvalue weighted by Crippen LogP contribution is -2.00. The Morgan fingerprint density at radius 3 is 2.35 bits per heavy atom. The first-order chi connectivity index (χ1) is 11.3. The van der Waals surface area contributed by atoms with Gasteiger partial charge in [0.15, 0.2) is 0 Å². The molecule has 0 aliphatic carbocycles. The lowest BCUT2D eigenvalue weighted by molar-refractivity contribution is -0.137. The van der Waals surface area contributed by atoms with Crippen molar-refractivity contribution in [2.75, 3.05) is 6.61 Å². The largest absolute Gasteiger partial charge is 0.463 e. The van der Waals surface area contributed by atoms with Crippen molar-refractivity contribution in [3.63, 3.8) is 0 Å². The maximum Gasteiger partial charge on any atom is 0.332 e. The van der Waals surface area contributed by atoms with Gasteiger partial charge in [0, 0.05) is 17.9 Å². The van der Waals surface area contributed by atoms with Crippen LogP contribution in [0.15, 0.2) is 77.8 Å². The second-order valence-electron chi connectivity index (χ2n) is 4.70. The third-order valence-corrected chi connectivity index (χ3v) is 3.00. The zero-order valence-electron chi connectivity index (χ0n) is 13.1. The quantitative estimate of drug-likeness (QED) is 0.451. The summed E-state index contributed by atoms with van der Waals surface area (Å²) in [5.74, 6) is -0.393. The van der Waals surface area contributed by atoms with Crippen LogP contribution in [0.25, 0.3) is 11.8 Å². The van der Waals surface area contributed by atoms with Crippen LogP contribution in [0.5, 0.6) is 0 Å².